The maximum Gasteiger partial charge on any atom is 0.244 e. The first-order valence-electron chi connectivity index (χ1n) is 5.36. The van der Waals surface area contributed by atoms with Gasteiger partial charge in [-0.15, -0.1) is 0 Å². The molecule has 0 amide bonds. The predicted octanol–water partition coefficient (Wildman–Crippen LogP) is 2.75. The summed E-state index contributed by atoms with van der Waals surface area (Å²) in [5.74, 6) is 0.396. The molecule has 17 heavy (non-hydrogen) atoms. The van der Waals surface area contributed by atoms with Crippen molar-refractivity contribution in [2.24, 2.45) is 5.92 Å². The number of benzene rings is 1. The number of halogens is 2. The molecule has 1 saturated heterocycles. The zero-order valence-electron chi connectivity index (χ0n) is 9.14. The molecular weight excluding hydrogens is 326 g/mol. The van der Waals surface area contributed by atoms with Crippen molar-refractivity contribution < 1.29 is 8.42 Å². The molecule has 0 N–H and O–H groups in total. The Morgan fingerprint density at radius 2 is 2.12 bits per heavy atom. The van der Waals surface area contributed by atoms with Crippen LogP contribution in [0.5, 0.6) is 0 Å². The minimum Gasteiger partial charge on any atom is -0.207 e. The highest BCUT2D eigenvalue weighted by Crippen LogP contribution is 2.28. The summed E-state index contributed by atoms with van der Waals surface area (Å²) in [6, 6.07) is 6.58. The van der Waals surface area contributed by atoms with E-state index in [1.807, 2.05) is 0 Å². The van der Waals surface area contributed by atoms with Gasteiger partial charge >= 0.3 is 0 Å². The Bertz CT molecular complexity index is 506. The molecule has 0 aliphatic carbocycles. The van der Waals surface area contributed by atoms with E-state index in [2.05, 4.69) is 15.9 Å². The zero-order valence-corrected chi connectivity index (χ0v) is 12.3. The predicted molar refractivity (Wildman–Crippen MR) is 72.1 cm³/mol. The van der Waals surface area contributed by atoms with Crippen LogP contribution in [0.15, 0.2) is 29.2 Å². The molecule has 94 valence electrons. The highest BCUT2D eigenvalue weighted by molar-refractivity contribution is 9.09. The molecule has 0 aromatic heterocycles. The van der Waals surface area contributed by atoms with E-state index in [1.54, 1.807) is 24.3 Å². The van der Waals surface area contributed by atoms with E-state index in [9.17, 15) is 8.42 Å². The summed E-state index contributed by atoms with van der Waals surface area (Å²) >= 11 is 9.34. The zero-order chi connectivity index (χ0) is 12.5. The Balaban J connectivity index is 2.29. The van der Waals surface area contributed by atoms with E-state index >= 15 is 0 Å². The second-order valence-electron chi connectivity index (χ2n) is 4.10. The molecule has 1 aliphatic rings. The third-order valence-corrected chi connectivity index (χ3v) is 6.20. The topological polar surface area (TPSA) is 37.4 Å². The molecule has 1 aliphatic heterocycles. The van der Waals surface area contributed by atoms with Gasteiger partial charge in [0.05, 0.1) is 5.02 Å². The molecule has 1 unspecified atom stereocenters. The lowest BCUT2D eigenvalue weighted by Gasteiger charge is -2.17. The summed E-state index contributed by atoms with van der Waals surface area (Å²) in [4.78, 5) is 0.205. The summed E-state index contributed by atoms with van der Waals surface area (Å²) < 4.78 is 26.2. The van der Waals surface area contributed by atoms with E-state index in [1.165, 1.54) is 4.31 Å². The Labute approximate surface area is 115 Å². The van der Waals surface area contributed by atoms with Crippen molar-refractivity contribution in [2.75, 3.05) is 18.4 Å². The summed E-state index contributed by atoms with van der Waals surface area (Å²) in [5.41, 5.74) is 0. The minimum atomic E-state index is -3.43. The highest BCUT2D eigenvalue weighted by Gasteiger charge is 2.32. The van der Waals surface area contributed by atoms with Gasteiger partial charge in [-0.2, -0.15) is 4.31 Å². The molecule has 1 aromatic carbocycles. The van der Waals surface area contributed by atoms with E-state index in [4.69, 9.17) is 11.6 Å². The van der Waals surface area contributed by atoms with Gasteiger partial charge in [0.1, 0.15) is 4.90 Å². The lowest BCUT2D eigenvalue weighted by Crippen LogP contribution is -2.29. The van der Waals surface area contributed by atoms with Crippen LogP contribution in [0, 0.1) is 5.92 Å². The summed E-state index contributed by atoms with van der Waals surface area (Å²) in [6.45, 7) is 1.14. The molecule has 1 aromatic rings. The molecule has 1 fully saturated rings. The second-order valence-corrected chi connectivity index (χ2v) is 7.06. The molecule has 2 rings (SSSR count). The van der Waals surface area contributed by atoms with Crippen molar-refractivity contribution in [3.05, 3.63) is 29.3 Å². The number of hydrogen-bond donors (Lipinski definition) is 0. The lowest BCUT2D eigenvalue weighted by molar-refractivity contribution is 0.466. The lowest BCUT2D eigenvalue weighted by atomic mass is 10.2. The van der Waals surface area contributed by atoms with Crippen LogP contribution >= 0.6 is 27.5 Å². The molecule has 0 saturated carbocycles. The molecule has 3 nitrogen and oxygen atoms in total. The quantitative estimate of drug-likeness (QED) is 0.795. The van der Waals surface area contributed by atoms with E-state index in [0.717, 1.165) is 11.8 Å². The molecule has 1 heterocycles. The summed E-state index contributed by atoms with van der Waals surface area (Å²) in [5, 5.41) is 1.12. The normalized spacial score (nSPS) is 21.9. The van der Waals surface area contributed by atoms with Crippen molar-refractivity contribution in [1.29, 1.82) is 0 Å². The van der Waals surface area contributed by atoms with E-state index in [-0.39, 0.29) is 9.92 Å². The van der Waals surface area contributed by atoms with Crippen LogP contribution in [0.1, 0.15) is 6.42 Å². The van der Waals surface area contributed by atoms with Crippen LogP contribution < -0.4 is 0 Å². The first kappa shape index (κ1) is 13.3. The van der Waals surface area contributed by atoms with Gasteiger partial charge in [0.15, 0.2) is 0 Å². The smallest absolute Gasteiger partial charge is 0.207 e. The maximum absolute atomic E-state index is 12.3. The van der Waals surface area contributed by atoms with Gasteiger partial charge in [0.2, 0.25) is 10.0 Å². The van der Waals surface area contributed by atoms with Gasteiger partial charge in [-0.1, -0.05) is 39.7 Å². The van der Waals surface area contributed by atoms with Gasteiger partial charge in [0, 0.05) is 18.4 Å². The van der Waals surface area contributed by atoms with Gasteiger partial charge in [-0.3, -0.25) is 0 Å². The Hall–Kier alpha value is -0.100. The fraction of sp³-hybridized carbons (Fsp3) is 0.455. The Morgan fingerprint density at radius 1 is 1.41 bits per heavy atom. The van der Waals surface area contributed by atoms with Crippen molar-refractivity contribution >= 4 is 37.6 Å². The molecule has 0 bridgehead atoms. The van der Waals surface area contributed by atoms with Crippen LogP contribution in [0.3, 0.4) is 0 Å². The fourth-order valence-corrected chi connectivity index (χ4v) is 4.49. The monoisotopic (exact) mass is 337 g/mol. The average molecular weight is 339 g/mol. The van der Waals surface area contributed by atoms with E-state index < -0.39 is 10.0 Å². The van der Waals surface area contributed by atoms with Gasteiger partial charge in [-0.05, 0) is 24.5 Å². The van der Waals surface area contributed by atoms with Gasteiger partial charge in [0.25, 0.3) is 0 Å². The average Bonchev–Trinajstić information content (AvgIpc) is 2.78. The first-order valence-corrected chi connectivity index (χ1v) is 8.30. The SMILES string of the molecule is O=S(=O)(c1ccccc1Cl)N1CCC(CBr)C1. The number of sulfonamides is 1. The fourth-order valence-electron chi connectivity index (χ4n) is 1.93. The van der Waals surface area contributed by atoms with Crippen LogP contribution in [0.2, 0.25) is 5.02 Å². The first-order chi connectivity index (χ1) is 8.05. The number of rotatable bonds is 3. The van der Waals surface area contributed by atoms with Gasteiger partial charge in [-0.25, -0.2) is 8.42 Å². The van der Waals surface area contributed by atoms with Crippen molar-refractivity contribution in [1.82, 2.24) is 4.31 Å². The molecular formula is C11H13BrClNO2S. The van der Waals surface area contributed by atoms with Crippen LogP contribution in [-0.4, -0.2) is 31.1 Å². The Morgan fingerprint density at radius 3 is 2.71 bits per heavy atom. The molecule has 1 atom stereocenters. The van der Waals surface area contributed by atoms with Crippen LogP contribution in [0.4, 0.5) is 0 Å². The number of hydrogen-bond acceptors (Lipinski definition) is 2. The van der Waals surface area contributed by atoms with Crippen molar-refractivity contribution in [3.8, 4) is 0 Å². The molecule has 6 heteroatoms. The number of alkyl halides is 1. The maximum atomic E-state index is 12.3. The van der Waals surface area contributed by atoms with Crippen molar-refractivity contribution in [2.45, 2.75) is 11.3 Å². The molecule has 0 radical (unpaired) electrons. The van der Waals surface area contributed by atoms with E-state index in [0.29, 0.717) is 19.0 Å². The largest absolute Gasteiger partial charge is 0.244 e. The Kier molecular flexibility index (Phi) is 4.13. The number of nitrogens with zero attached hydrogens (tertiary/aromatic N) is 1. The van der Waals surface area contributed by atoms with Crippen molar-refractivity contribution in [3.63, 3.8) is 0 Å². The standard InChI is InChI=1S/C11H13BrClNO2S/c12-7-9-5-6-14(8-9)17(15,16)11-4-2-1-3-10(11)13/h1-4,9H,5-8H2. The minimum absolute atomic E-state index is 0.205. The van der Waals surface area contributed by atoms with Crippen LogP contribution in [0.25, 0.3) is 0 Å². The summed E-state index contributed by atoms with van der Waals surface area (Å²) in [6.07, 6.45) is 0.898. The third-order valence-electron chi connectivity index (χ3n) is 2.92. The second kappa shape index (κ2) is 5.26. The highest BCUT2D eigenvalue weighted by atomic mass is 79.9. The van der Waals surface area contributed by atoms with Gasteiger partial charge < -0.3 is 0 Å². The summed E-state index contributed by atoms with van der Waals surface area (Å²) in [7, 11) is -3.43. The van der Waals surface area contributed by atoms with Crippen LogP contribution in [-0.2, 0) is 10.0 Å². The third kappa shape index (κ3) is 2.67. The molecule has 0 spiro atoms.